The SMILES string of the molecule is C[C@H](C(=O)Nc1ccc(C#N)cc1)[NH+]1CCNC(=O)C1. The van der Waals surface area contributed by atoms with E-state index in [2.05, 4.69) is 10.6 Å². The zero-order chi connectivity index (χ0) is 14.5. The number of anilines is 1. The van der Waals surface area contributed by atoms with Crippen LogP contribution in [0.15, 0.2) is 24.3 Å². The van der Waals surface area contributed by atoms with Gasteiger partial charge in [0, 0.05) is 5.69 Å². The third-order valence-corrected chi connectivity index (χ3v) is 3.44. The van der Waals surface area contributed by atoms with Crippen molar-refractivity contribution in [3.63, 3.8) is 0 Å². The van der Waals surface area contributed by atoms with Crippen molar-refractivity contribution in [2.45, 2.75) is 13.0 Å². The van der Waals surface area contributed by atoms with E-state index in [1.165, 1.54) is 0 Å². The van der Waals surface area contributed by atoms with Gasteiger partial charge in [-0.1, -0.05) is 0 Å². The highest BCUT2D eigenvalue weighted by Gasteiger charge is 2.29. The van der Waals surface area contributed by atoms with Gasteiger partial charge in [0.2, 0.25) is 0 Å². The van der Waals surface area contributed by atoms with Crippen molar-refractivity contribution in [1.29, 1.82) is 5.26 Å². The third kappa shape index (κ3) is 3.33. The normalized spacial score (nSPS) is 19.6. The standard InChI is InChI=1S/C14H16N4O2/c1-10(18-7-6-16-13(19)9-18)14(20)17-12-4-2-11(8-15)3-5-12/h2-5,10H,6-7,9H2,1H3,(H,16,19)(H,17,20)/p+1/t10-/m1/s1. The summed E-state index contributed by atoms with van der Waals surface area (Å²) in [6.07, 6.45) is 0. The smallest absolute Gasteiger partial charge is 0.282 e. The number of benzene rings is 1. The highest BCUT2D eigenvalue weighted by molar-refractivity contribution is 5.93. The molecule has 2 atom stereocenters. The summed E-state index contributed by atoms with van der Waals surface area (Å²) < 4.78 is 0. The summed E-state index contributed by atoms with van der Waals surface area (Å²) in [5.41, 5.74) is 1.20. The maximum atomic E-state index is 12.1. The molecule has 0 aliphatic carbocycles. The van der Waals surface area contributed by atoms with Crippen LogP contribution < -0.4 is 15.5 Å². The lowest BCUT2D eigenvalue weighted by Gasteiger charge is -2.28. The number of nitriles is 1. The van der Waals surface area contributed by atoms with E-state index >= 15 is 0 Å². The second-order valence-corrected chi connectivity index (χ2v) is 4.84. The minimum Gasteiger partial charge on any atom is -0.346 e. The van der Waals surface area contributed by atoms with Gasteiger partial charge in [-0.25, -0.2) is 0 Å². The number of nitrogens with zero attached hydrogens (tertiary/aromatic N) is 1. The van der Waals surface area contributed by atoms with Crippen LogP contribution >= 0.6 is 0 Å². The second kappa shape index (κ2) is 6.17. The van der Waals surface area contributed by atoms with Crippen LogP contribution in [0.25, 0.3) is 0 Å². The molecule has 0 bridgehead atoms. The summed E-state index contributed by atoms with van der Waals surface area (Å²) in [5, 5.41) is 14.3. The van der Waals surface area contributed by atoms with E-state index in [4.69, 9.17) is 5.26 Å². The minimum absolute atomic E-state index is 0.0238. The van der Waals surface area contributed by atoms with E-state index in [0.29, 0.717) is 24.3 Å². The number of nitrogens with one attached hydrogen (secondary N) is 3. The molecule has 0 aromatic heterocycles. The highest BCUT2D eigenvalue weighted by Crippen LogP contribution is 2.08. The molecule has 20 heavy (non-hydrogen) atoms. The van der Waals surface area contributed by atoms with Crippen LogP contribution in [0.3, 0.4) is 0 Å². The molecule has 0 saturated carbocycles. The molecule has 6 heteroatoms. The average Bonchev–Trinajstić information content (AvgIpc) is 2.47. The molecule has 0 radical (unpaired) electrons. The Balaban J connectivity index is 1.96. The molecule has 1 aliphatic rings. The molecule has 1 aromatic carbocycles. The summed E-state index contributed by atoms with van der Waals surface area (Å²) in [6.45, 7) is 3.48. The molecule has 1 unspecified atom stereocenters. The van der Waals surface area contributed by atoms with E-state index < -0.39 is 0 Å². The number of hydrogen-bond donors (Lipinski definition) is 3. The maximum absolute atomic E-state index is 12.1. The first-order chi connectivity index (χ1) is 9.60. The molecule has 1 aliphatic heterocycles. The van der Waals surface area contributed by atoms with Gasteiger partial charge in [-0.15, -0.1) is 0 Å². The lowest BCUT2D eigenvalue weighted by Crippen LogP contribution is -3.19. The van der Waals surface area contributed by atoms with Crippen LogP contribution in [-0.4, -0.2) is 37.5 Å². The van der Waals surface area contributed by atoms with Crippen LogP contribution in [-0.2, 0) is 9.59 Å². The van der Waals surface area contributed by atoms with Gasteiger partial charge in [-0.2, -0.15) is 5.26 Å². The lowest BCUT2D eigenvalue weighted by molar-refractivity contribution is -0.907. The van der Waals surface area contributed by atoms with E-state index in [1.807, 2.05) is 13.0 Å². The van der Waals surface area contributed by atoms with Crippen molar-refractivity contribution < 1.29 is 14.5 Å². The molecule has 1 fully saturated rings. The predicted octanol–water partition coefficient (Wildman–Crippen LogP) is -1.10. The molecule has 1 aromatic rings. The Morgan fingerprint density at radius 3 is 2.75 bits per heavy atom. The quantitative estimate of drug-likeness (QED) is 0.653. The maximum Gasteiger partial charge on any atom is 0.282 e. The number of carbonyl (C=O) groups excluding carboxylic acids is 2. The summed E-state index contributed by atoms with van der Waals surface area (Å²) in [6, 6.07) is 8.43. The molecule has 1 heterocycles. The summed E-state index contributed by atoms with van der Waals surface area (Å²) in [7, 11) is 0. The predicted molar refractivity (Wildman–Crippen MR) is 73.0 cm³/mol. The lowest BCUT2D eigenvalue weighted by atomic mass is 10.2. The van der Waals surface area contributed by atoms with Gasteiger partial charge < -0.3 is 15.5 Å². The Morgan fingerprint density at radius 1 is 1.45 bits per heavy atom. The zero-order valence-corrected chi connectivity index (χ0v) is 11.3. The number of piperazine rings is 1. The number of hydrogen-bond acceptors (Lipinski definition) is 3. The first kappa shape index (κ1) is 14.0. The number of rotatable bonds is 3. The number of amides is 2. The molecule has 3 N–H and O–H groups in total. The third-order valence-electron chi connectivity index (χ3n) is 3.44. The number of quaternary nitrogens is 1. The minimum atomic E-state index is -0.295. The molecule has 2 rings (SSSR count). The van der Waals surface area contributed by atoms with Crippen LogP contribution in [0, 0.1) is 11.3 Å². The van der Waals surface area contributed by atoms with Crippen molar-refractivity contribution in [2.24, 2.45) is 0 Å². The Morgan fingerprint density at radius 2 is 2.15 bits per heavy atom. The van der Waals surface area contributed by atoms with E-state index in [9.17, 15) is 9.59 Å². The first-order valence-corrected chi connectivity index (χ1v) is 6.52. The molecular weight excluding hydrogens is 256 g/mol. The van der Waals surface area contributed by atoms with Gasteiger partial charge >= 0.3 is 0 Å². The van der Waals surface area contributed by atoms with E-state index in [-0.39, 0.29) is 17.9 Å². The summed E-state index contributed by atoms with van der Waals surface area (Å²) in [4.78, 5) is 24.4. The number of carbonyl (C=O) groups is 2. The fourth-order valence-corrected chi connectivity index (χ4v) is 2.15. The van der Waals surface area contributed by atoms with Gasteiger partial charge in [0.25, 0.3) is 11.8 Å². The topological polar surface area (TPSA) is 86.4 Å². The van der Waals surface area contributed by atoms with Gasteiger partial charge in [0.05, 0.1) is 24.7 Å². The molecular formula is C14H17N4O2+. The van der Waals surface area contributed by atoms with Gasteiger partial charge in [0.1, 0.15) is 0 Å². The van der Waals surface area contributed by atoms with Gasteiger partial charge in [0.15, 0.2) is 12.6 Å². The Bertz CT molecular complexity index is 547. The van der Waals surface area contributed by atoms with Gasteiger partial charge in [-0.3, -0.25) is 9.59 Å². The molecule has 1 saturated heterocycles. The zero-order valence-electron chi connectivity index (χ0n) is 11.3. The monoisotopic (exact) mass is 273 g/mol. The van der Waals surface area contributed by atoms with Crippen molar-refractivity contribution in [3.05, 3.63) is 29.8 Å². The second-order valence-electron chi connectivity index (χ2n) is 4.84. The average molecular weight is 273 g/mol. The largest absolute Gasteiger partial charge is 0.346 e. The van der Waals surface area contributed by atoms with Crippen LogP contribution in [0.1, 0.15) is 12.5 Å². The highest BCUT2D eigenvalue weighted by atomic mass is 16.2. The Kier molecular flexibility index (Phi) is 4.33. The summed E-state index contributed by atoms with van der Waals surface area (Å²) in [5.74, 6) is -0.149. The fourth-order valence-electron chi connectivity index (χ4n) is 2.15. The summed E-state index contributed by atoms with van der Waals surface area (Å²) >= 11 is 0. The van der Waals surface area contributed by atoms with E-state index in [1.54, 1.807) is 24.3 Å². The molecule has 104 valence electrons. The van der Waals surface area contributed by atoms with Gasteiger partial charge in [-0.05, 0) is 31.2 Å². The molecule has 6 nitrogen and oxygen atoms in total. The van der Waals surface area contributed by atoms with Crippen molar-refractivity contribution in [3.8, 4) is 6.07 Å². The van der Waals surface area contributed by atoms with Crippen LogP contribution in [0.4, 0.5) is 5.69 Å². The Labute approximate surface area is 117 Å². The first-order valence-electron chi connectivity index (χ1n) is 6.52. The molecule has 0 spiro atoms. The van der Waals surface area contributed by atoms with Crippen molar-refractivity contribution >= 4 is 17.5 Å². The van der Waals surface area contributed by atoms with Crippen molar-refractivity contribution in [2.75, 3.05) is 25.0 Å². The van der Waals surface area contributed by atoms with Crippen LogP contribution in [0.5, 0.6) is 0 Å². The Hall–Kier alpha value is -2.39. The van der Waals surface area contributed by atoms with E-state index in [0.717, 1.165) is 11.4 Å². The van der Waals surface area contributed by atoms with Crippen molar-refractivity contribution in [1.82, 2.24) is 5.32 Å². The van der Waals surface area contributed by atoms with Crippen LogP contribution in [0.2, 0.25) is 0 Å². The molecule has 2 amide bonds. The fraction of sp³-hybridized carbons (Fsp3) is 0.357.